The van der Waals surface area contributed by atoms with E-state index in [0.29, 0.717) is 11.6 Å². The summed E-state index contributed by atoms with van der Waals surface area (Å²) in [6.07, 6.45) is 0. The Bertz CT molecular complexity index is 607. The maximum atomic E-state index is 5.88. The molecule has 0 saturated heterocycles. The van der Waals surface area contributed by atoms with E-state index < -0.39 is 0 Å². The molecular weight excluding hydrogens is 254 g/mol. The van der Waals surface area contributed by atoms with Crippen LogP contribution < -0.4 is 10.5 Å². The zero-order chi connectivity index (χ0) is 13.8. The summed E-state index contributed by atoms with van der Waals surface area (Å²) in [5.74, 6) is 0.901. The molecule has 0 aliphatic carbocycles. The highest BCUT2D eigenvalue weighted by atomic mass is 32.1. The monoisotopic (exact) mass is 271 g/mol. The number of nitrogens with two attached hydrogens (primary N) is 1. The van der Waals surface area contributed by atoms with Gasteiger partial charge in [0, 0.05) is 5.56 Å². The molecule has 2 nitrogen and oxygen atoms in total. The fraction of sp³-hybridized carbons (Fsp3) is 0.188. The standard InChI is InChI=1S/C16H17NOS/c1-11-7-8-12(2)15(9-11)18-10-13-5-3-4-6-14(13)16(17)19/h3-9H,10H2,1-2H3,(H2,17,19). The van der Waals surface area contributed by atoms with Crippen LogP contribution in [0.4, 0.5) is 0 Å². The van der Waals surface area contributed by atoms with E-state index in [1.807, 2.05) is 37.3 Å². The van der Waals surface area contributed by atoms with E-state index in [4.69, 9.17) is 22.7 Å². The van der Waals surface area contributed by atoms with Gasteiger partial charge >= 0.3 is 0 Å². The van der Waals surface area contributed by atoms with Crippen LogP contribution in [0.1, 0.15) is 22.3 Å². The van der Waals surface area contributed by atoms with Crippen molar-refractivity contribution >= 4 is 17.2 Å². The van der Waals surface area contributed by atoms with Crippen molar-refractivity contribution < 1.29 is 4.74 Å². The van der Waals surface area contributed by atoms with E-state index in [-0.39, 0.29) is 0 Å². The van der Waals surface area contributed by atoms with E-state index >= 15 is 0 Å². The first kappa shape index (κ1) is 13.6. The highest BCUT2D eigenvalue weighted by Gasteiger charge is 2.06. The first-order valence-corrected chi connectivity index (χ1v) is 6.56. The van der Waals surface area contributed by atoms with E-state index in [9.17, 15) is 0 Å². The number of hydrogen-bond acceptors (Lipinski definition) is 2. The minimum Gasteiger partial charge on any atom is -0.489 e. The third kappa shape index (κ3) is 3.32. The SMILES string of the molecule is Cc1ccc(C)c(OCc2ccccc2C(N)=S)c1. The molecule has 0 saturated carbocycles. The van der Waals surface area contributed by atoms with E-state index in [2.05, 4.69) is 19.1 Å². The predicted octanol–water partition coefficient (Wildman–Crippen LogP) is 3.52. The van der Waals surface area contributed by atoms with Gasteiger partial charge in [-0.25, -0.2) is 0 Å². The summed E-state index contributed by atoms with van der Waals surface area (Å²) in [6, 6.07) is 14.0. The van der Waals surface area contributed by atoms with Crippen molar-refractivity contribution in [2.75, 3.05) is 0 Å². The molecule has 0 aromatic heterocycles. The van der Waals surface area contributed by atoms with Gasteiger partial charge in [-0.15, -0.1) is 0 Å². The van der Waals surface area contributed by atoms with Crippen molar-refractivity contribution in [3.63, 3.8) is 0 Å². The summed E-state index contributed by atoms with van der Waals surface area (Å²) in [4.78, 5) is 0.403. The van der Waals surface area contributed by atoms with Crippen molar-refractivity contribution in [2.45, 2.75) is 20.5 Å². The second-order valence-corrected chi connectivity index (χ2v) is 5.02. The van der Waals surface area contributed by atoms with E-state index in [0.717, 1.165) is 22.4 Å². The van der Waals surface area contributed by atoms with Crippen LogP contribution in [0.25, 0.3) is 0 Å². The number of rotatable bonds is 4. The average Bonchev–Trinajstić information content (AvgIpc) is 2.40. The van der Waals surface area contributed by atoms with Gasteiger partial charge in [0.2, 0.25) is 0 Å². The number of benzene rings is 2. The molecule has 98 valence electrons. The average molecular weight is 271 g/mol. The van der Waals surface area contributed by atoms with Gasteiger partial charge in [-0.3, -0.25) is 0 Å². The van der Waals surface area contributed by atoms with Crippen LogP contribution in [0.5, 0.6) is 5.75 Å². The molecule has 0 fully saturated rings. The maximum absolute atomic E-state index is 5.88. The second-order valence-electron chi connectivity index (χ2n) is 4.58. The van der Waals surface area contributed by atoms with Crippen molar-refractivity contribution in [1.82, 2.24) is 0 Å². The molecule has 0 unspecified atom stereocenters. The molecule has 0 spiro atoms. The van der Waals surface area contributed by atoms with Crippen LogP contribution in [-0.2, 0) is 6.61 Å². The highest BCUT2D eigenvalue weighted by molar-refractivity contribution is 7.80. The molecule has 0 aliphatic heterocycles. The van der Waals surface area contributed by atoms with Gasteiger partial charge in [0.1, 0.15) is 17.3 Å². The quantitative estimate of drug-likeness (QED) is 0.864. The number of aryl methyl sites for hydroxylation is 2. The molecule has 2 aromatic rings. The third-order valence-corrected chi connectivity index (χ3v) is 3.23. The molecule has 2 N–H and O–H groups in total. The molecular formula is C16H17NOS. The lowest BCUT2D eigenvalue weighted by atomic mass is 10.1. The normalized spacial score (nSPS) is 10.2. The van der Waals surface area contributed by atoms with Crippen LogP contribution in [-0.4, -0.2) is 4.99 Å². The van der Waals surface area contributed by atoms with Crippen molar-refractivity contribution in [3.05, 3.63) is 64.7 Å². The van der Waals surface area contributed by atoms with Crippen LogP contribution in [0.15, 0.2) is 42.5 Å². The highest BCUT2D eigenvalue weighted by Crippen LogP contribution is 2.21. The Morgan fingerprint density at radius 1 is 1.16 bits per heavy atom. The number of hydrogen-bond donors (Lipinski definition) is 1. The second kappa shape index (κ2) is 5.85. The third-order valence-electron chi connectivity index (χ3n) is 3.01. The largest absolute Gasteiger partial charge is 0.489 e. The summed E-state index contributed by atoms with van der Waals surface area (Å²) in [6.45, 7) is 4.56. The van der Waals surface area contributed by atoms with Crippen molar-refractivity contribution in [2.24, 2.45) is 5.73 Å². The van der Waals surface area contributed by atoms with Crippen LogP contribution in [0.2, 0.25) is 0 Å². The molecule has 0 heterocycles. The number of ether oxygens (including phenoxy) is 1. The Labute approximate surface area is 119 Å². The molecule has 0 radical (unpaired) electrons. The van der Waals surface area contributed by atoms with Gasteiger partial charge in [-0.1, -0.05) is 48.6 Å². The summed E-state index contributed by atoms with van der Waals surface area (Å²) in [5.41, 5.74) is 9.91. The van der Waals surface area contributed by atoms with Crippen molar-refractivity contribution in [1.29, 1.82) is 0 Å². The smallest absolute Gasteiger partial charge is 0.122 e. The molecule has 0 aliphatic rings. The lowest BCUT2D eigenvalue weighted by Crippen LogP contribution is -2.13. The fourth-order valence-corrected chi connectivity index (χ4v) is 2.10. The number of thiocarbonyl (C=S) groups is 1. The summed E-state index contributed by atoms with van der Waals surface area (Å²) in [5, 5.41) is 0. The molecule has 0 atom stereocenters. The van der Waals surface area contributed by atoms with Gasteiger partial charge in [-0.05, 0) is 36.6 Å². The molecule has 19 heavy (non-hydrogen) atoms. The minimum atomic E-state index is 0.403. The molecule has 0 amide bonds. The lowest BCUT2D eigenvalue weighted by Gasteiger charge is -2.12. The lowest BCUT2D eigenvalue weighted by molar-refractivity contribution is 0.303. The van der Waals surface area contributed by atoms with Crippen LogP contribution in [0.3, 0.4) is 0 Å². The Morgan fingerprint density at radius 3 is 2.63 bits per heavy atom. The van der Waals surface area contributed by atoms with Crippen LogP contribution in [0, 0.1) is 13.8 Å². The zero-order valence-corrected chi connectivity index (χ0v) is 12.0. The Hall–Kier alpha value is -1.87. The maximum Gasteiger partial charge on any atom is 0.122 e. The minimum absolute atomic E-state index is 0.403. The molecule has 0 bridgehead atoms. The summed E-state index contributed by atoms with van der Waals surface area (Å²) >= 11 is 5.05. The van der Waals surface area contributed by atoms with E-state index in [1.54, 1.807) is 0 Å². The van der Waals surface area contributed by atoms with E-state index in [1.165, 1.54) is 5.56 Å². The summed E-state index contributed by atoms with van der Waals surface area (Å²) < 4.78 is 5.88. The first-order chi connectivity index (χ1) is 9.08. The van der Waals surface area contributed by atoms with Gasteiger partial charge in [0.25, 0.3) is 0 Å². The Kier molecular flexibility index (Phi) is 4.17. The molecule has 2 rings (SSSR count). The molecule has 3 heteroatoms. The Morgan fingerprint density at radius 2 is 1.89 bits per heavy atom. The predicted molar refractivity (Wildman–Crippen MR) is 82.6 cm³/mol. The topological polar surface area (TPSA) is 35.2 Å². The zero-order valence-electron chi connectivity index (χ0n) is 11.1. The molecule has 2 aromatic carbocycles. The van der Waals surface area contributed by atoms with Gasteiger partial charge in [-0.2, -0.15) is 0 Å². The fourth-order valence-electron chi connectivity index (χ4n) is 1.90. The van der Waals surface area contributed by atoms with Gasteiger partial charge in [0.05, 0.1) is 0 Å². The summed E-state index contributed by atoms with van der Waals surface area (Å²) in [7, 11) is 0. The Balaban J connectivity index is 2.19. The van der Waals surface area contributed by atoms with Crippen molar-refractivity contribution in [3.8, 4) is 5.75 Å². The van der Waals surface area contributed by atoms with Crippen LogP contribution >= 0.6 is 12.2 Å². The van der Waals surface area contributed by atoms with Gasteiger partial charge in [0.15, 0.2) is 0 Å². The first-order valence-electron chi connectivity index (χ1n) is 6.15. The van der Waals surface area contributed by atoms with Gasteiger partial charge < -0.3 is 10.5 Å².